The number of rotatable bonds is 9. The molecule has 2 aromatic rings. The molecule has 0 heterocycles. The fourth-order valence-corrected chi connectivity index (χ4v) is 5.56. The Hall–Kier alpha value is -1.91. The molecule has 3 aliphatic carbocycles. The van der Waals surface area contributed by atoms with E-state index in [1.165, 1.54) is 25.9 Å². The number of benzene rings is 2. The smallest absolute Gasteiger partial charge is 0.255 e. The third-order valence-corrected chi connectivity index (χ3v) is 8.39. The number of hydrogen-bond donors (Lipinski definition) is 1. The second-order valence-electron chi connectivity index (χ2n) is 10.8. The SMILES string of the molecule is C1CC1.COc1ccc(C2CC2(F)F)c(C2CCC(COc3cccc(CCP(C)(=O)O)c3)CC2)c1. The average Bonchev–Trinajstić information content (AvgIpc) is 3.79. The molecule has 3 aliphatic rings. The third-order valence-electron chi connectivity index (χ3n) is 7.33. The molecule has 198 valence electrons. The van der Waals surface area contributed by atoms with Crippen LogP contribution in [0, 0.1) is 5.92 Å². The molecule has 2 unspecified atom stereocenters. The molecule has 4 nitrogen and oxygen atoms in total. The summed E-state index contributed by atoms with van der Waals surface area (Å²) in [5.74, 6) is -1.02. The van der Waals surface area contributed by atoms with Crippen LogP contribution in [0.2, 0.25) is 0 Å². The van der Waals surface area contributed by atoms with Gasteiger partial charge in [-0.3, -0.25) is 4.57 Å². The molecule has 0 aromatic heterocycles. The zero-order chi connectivity index (χ0) is 25.8. The van der Waals surface area contributed by atoms with Gasteiger partial charge in [-0.25, -0.2) is 8.78 Å². The summed E-state index contributed by atoms with van der Waals surface area (Å²) in [4.78, 5) is 9.51. The van der Waals surface area contributed by atoms with Crippen molar-refractivity contribution < 1.29 is 27.7 Å². The first-order chi connectivity index (χ1) is 17.1. The van der Waals surface area contributed by atoms with Gasteiger partial charge in [0.25, 0.3) is 5.92 Å². The maximum absolute atomic E-state index is 13.8. The first-order valence-electron chi connectivity index (χ1n) is 13.2. The molecular formula is C29H39F2O4P. The number of alkyl halides is 2. The van der Waals surface area contributed by atoms with Gasteiger partial charge in [0.1, 0.15) is 11.5 Å². The second-order valence-corrected chi connectivity index (χ2v) is 13.3. The van der Waals surface area contributed by atoms with E-state index in [0.29, 0.717) is 18.9 Å². The maximum Gasteiger partial charge on any atom is 0.255 e. The Morgan fingerprint density at radius 1 is 1.00 bits per heavy atom. The van der Waals surface area contributed by atoms with E-state index in [4.69, 9.17) is 9.47 Å². The summed E-state index contributed by atoms with van der Waals surface area (Å²) in [5.41, 5.74) is 2.81. The van der Waals surface area contributed by atoms with Crippen LogP contribution in [0.4, 0.5) is 8.78 Å². The predicted octanol–water partition coefficient (Wildman–Crippen LogP) is 7.78. The fraction of sp³-hybridized carbons (Fsp3) is 0.586. The van der Waals surface area contributed by atoms with E-state index in [0.717, 1.165) is 53.9 Å². The van der Waals surface area contributed by atoms with Crippen LogP contribution in [0.3, 0.4) is 0 Å². The highest BCUT2D eigenvalue weighted by atomic mass is 31.2. The molecule has 0 aliphatic heterocycles. The summed E-state index contributed by atoms with van der Waals surface area (Å²) in [6.07, 6.45) is 9.15. The standard InChI is InChI=1S/C26H33F2O4P.C3H6/c1-31-21-10-11-23(25-16-26(25,27)28)24(15-21)20-8-6-19(7-9-20)17-32-22-5-3-4-18(14-22)12-13-33(2,29)30;1-2-3-1/h3-5,10-11,14-15,19-20,25H,6-9,12-13,16-17H2,1-2H3,(H,29,30);1-3H2. The molecule has 2 atom stereocenters. The average molecular weight is 521 g/mol. The van der Waals surface area contributed by atoms with Crippen molar-refractivity contribution in [2.75, 3.05) is 26.5 Å². The highest BCUT2D eigenvalue weighted by Crippen LogP contribution is 2.58. The molecule has 2 aromatic carbocycles. The summed E-state index contributed by atoms with van der Waals surface area (Å²) in [7, 11) is -1.41. The van der Waals surface area contributed by atoms with Crippen LogP contribution in [-0.4, -0.2) is 37.4 Å². The van der Waals surface area contributed by atoms with Crippen molar-refractivity contribution in [2.45, 2.75) is 75.5 Å². The molecule has 0 saturated heterocycles. The van der Waals surface area contributed by atoms with Crippen molar-refractivity contribution in [1.29, 1.82) is 0 Å². The summed E-state index contributed by atoms with van der Waals surface area (Å²) in [6.45, 7) is 2.00. The quantitative estimate of drug-likeness (QED) is 0.343. The lowest BCUT2D eigenvalue weighted by atomic mass is 9.77. The monoisotopic (exact) mass is 520 g/mol. The van der Waals surface area contributed by atoms with Gasteiger partial charge in [0, 0.05) is 19.2 Å². The van der Waals surface area contributed by atoms with E-state index in [1.54, 1.807) is 13.2 Å². The molecule has 7 heteroatoms. The Morgan fingerprint density at radius 2 is 1.69 bits per heavy atom. The third kappa shape index (κ3) is 8.05. The molecule has 1 N–H and O–H groups in total. The van der Waals surface area contributed by atoms with Crippen LogP contribution in [-0.2, 0) is 11.0 Å². The lowest BCUT2D eigenvalue weighted by Gasteiger charge is -2.30. The Bertz CT molecular complexity index is 1050. The summed E-state index contributed by atoms with van der Waals surface area (Å²) < 4.78 is 50.6. The molecule has 0 radical (unpaired) electrons. The van der Waals surface area contributed by atoms with Crippen LogP contribution < -0.4 is 9.47 Å². The zero-order valence-electron chi connectivity index (χ0n) is 21.4. The first kappa shape index (κ1) is 27.1. The number of ether oxygens (including phenoxy) is 2. The minimum atomic E-state index is -3.02. The minimum Gasteiger partial charge on any atom is -0.497 e. The molecule has 36 heavy (non-hydrogen) atoms. The van der Waals surface area contributed by atoms with E-state index in [1.807, 2.05) is 36.4 Å². The summed E-state index contributed by atoms with van der Waals surface area (Å²) in [6, 6.07) is 13.3. The topological polar surface area (TPSA) is 55.8 Å². The number of halogens is 2. The van der Waals surface area contributed by atoms with Crippen LogP contribution in [0.1, 0.15) is 79.9 Å². The predicted molar refractivity (Wildman–Crippen MR) is 140 cm³/mol. The molecule has 3 fully saturated rings. The van der Waals surface area contributed by atoms with Gasteiger partial charge >= 0.3 is 0 Å². The van der Waals surface area contributed by atoms with Gasteiger partial charge in [-0.2, -0.15) is 0 Å². The highest BCUT2D eigenvalue weighted by Gasteiger charge is 2.58. The molecule has 0 spiro atoms. The minimum absolute atomic E-state index is 0.0529. The van der Waals surface area contributed by atoms with Crippen molar-refractivity contribution in [3.8, 4) is 11.5 Å². The number of hydrogen-bond acceptors (Lipinski definition) is 3. The molecule has 5 rings (SSSR count). The molecule has 0 bridgehead atoms. The van der Waals surface area contributed by atoms with Gasteiger partial charge in [-0.05, 0) is 84.9 Å². The Kier molecular flexibility index (Phi) is 8.78. The van der Waals surface area contributed by atoms with Crippen molar-refractivity contribution in [3.63, 3.8) is 0 Å². The van der Waals surface area contributed by atoms with Gasteiger partial charge < -0.3 is 14.4 Å². The van der Waals surface area contributed by atoms with Crippen LogP contribution in [0.25, 0.3) is 0 Å². The van der Waals surface area contributed by atoms with Crippen LogP contribution in [0.15, 0.2) is 42.5 Å². The van der Waals surface area contributed by atoms with E-state index in [2.05, 4.69) is 0 Å². The van der Waals surface area contributed by atoms with Gasteiger partial charge in [-0.15, -0.1) is 0 Å². The van der Waals surface area contributed by atoms with E-state index in [9.17, 15) is 18.2 Å². The Labute approximate surface area is 213 Å². The molecular weight excluding hydrogens is 481 g/mol. The Balaban J connectivity index is 0.000000943. The largest absolute Gasteiger partial charge is 0.497 e. The van der Waals surface area contributed by atoms with E-state index >= 15 is 0 Å². The number of aryl methyl sites for hydroxylation is 1. The highest BCUT2D eigenvalue weighted by molar-refractivity contribution is 7.57. The van der Waals surface area contributed by atoms with Crippen molar-refractivity contribution in [2.24, 2.45) is 5.92 Å². The van der Waals surface area contributed by atoms with Gasteiger partial charge in [-0.1, -0.05) is 37.5 Å². The van der Waals surface area contributed by atoms with E-state index in [-0.39, 0.29) is 18.5 Å². The number of methoxy groups -OCH3 is 1. The first-order valence-corrected chi connectivity index (χ1v) is 15.5. The van der Waals surface area contributed by atoms with Gasteiger partial charge in [0.15, 0.2) is 7.37 Å². The lowest BCUT2D eigenvalue weighted by molar-refractivity contribution is 0.112. The van der Waals surface area contributed by atoms with Crippen molar-refractivity contribution >= 4 is 7.37 Å². The van der Waals surface area contributed by atoms with Crippen molar-refractivity contribution in [1.82, 2.24) is 0 Å². The normalized spacial score (nSPS) is 25.6. The second kappa shape index (κ2) is 11.6. The molecule has 3 saturated carbocycles. The summed E-state index contributed by atoms with van der Waals surface area (Å²) >= 11 is 0. The fourth-order valence-electron chi connectivity index (χ4n) is 4.88. The summed E-state index contributed by atoms with van der Waals surface area (Å²) in [5, 5.41) is 0. The zero-order valence-corrected chi connectivity index (χ0v) is 22.3. The van der Waals surface area contributed by atoms with Crippen LogP contribution >= 0.6 is 7.37 Å². The maximum atomic E-state index is 13.8. The van der Waals surface area contributed by atoms with Gasteiger partial charge in [0.05, 0.1) is 19.6 Å². The van der Waals surface area contributed by atoms with Gasteiger partial charge in [0.2, 0.25) is 0 Å². The van der Waals surface area contributed by atoms with Crippen LogP contribution in [0.5, 0.6) is 11.5 Å². The molecule has 0 amide bonds. The lowest BCUT2D eigenvalue weighted by Crippen LogP contribution is -2.20. The van der Waals surface area contributed by atoms with Crippen molar-refractivity contribution in [3.05, 3.63) is 59.2 Å². The van der Waals surface area contributed by atoms with E-state index < -0.39 is 19.2 Å². The Morgan fingerprint density at radius 3 is 2.28 bits per heavy atom.